The molecule has 0 aliphatic carbocycles. The van der Waals surface area contributed by atoms with Gasteiger partial charge in [0, 0.05) is 23.2 Å². The molecule has 66 valence electrons. The molecule has 0 atom stereocenters. The van der Waals surface area contributed by atoms with Gasteiger partial charge in [0.05, 0.1) is 12.1 Å². The van der Waals surface area contributed by atoms with Crippen molar-refractivity contribution in [2.75, 3.05) is 7.11 Å². The van der Waals surface area contributed by atoms with E-state index in [0.717, 1.165) is 16.5 Å². The molecule has 0 saturated carbocycles. The highest BCUT2D eigenvalue weighted by Crippen LogP contribution is 2.25. The van der Waals surface area contributed by atoms with E-state index in [1.807, 2.05) is 18.2 Å². The van der Waals surface area contributed by atoms with Gasteiger partial charge in [-0.15, -0.1) is 0 Å². The van der Waals surface area contributed by atoms with Gasteiger partial charge in [0.2, 0.25) is 0 Å². The van der Waals surface area contributed by atoms with E-state index in [-0.39, 0.29) is 0 Å². The highest BCUT2D eigenvalue weighted by atomic mass is 35.5. The number of hydrogen-bond donors (Lipinski definition) is 0. The second-order valence-electron chi connectivity index (χ2n) is 2.71. The molecule has 0 fully saturated rings. The van der Waals surface area contributed by atoms with Crippen LogP contribution >= 0.6 is 11.6 Å². The molecule has 0 saturated heterocycles. The molecule has 3 heteroatoms. The Bertz CT molecular complexity index is 442. The monoisotopic (exact) mass is 193 g/mol. The first kappa shape index (κ1) is 8.32. The van der Waals surface area contributed by atoms with Crippen LogP contribution in [0.15, 0.2) is 30.6 Å². The number of benzene rings is 1. The predicted molar refractivity (Wildman–Crippen MR) is 53.3 cm³/mol. The fourth-order valence-corrected chi connectivity index (χ4v) is 1.45. The highest BCUT2D eigenvalue weighted by Gasteiger charge is 2.00. The van der Waals surface area contributed by atoms with E-state index in [1.165, 1.54) is 0 Å². The summed E-state index contributed by atoms with van der Waals surface area (Å²) in [5.41, 5.74) is 0. The number of rotatable bonds is 1. The zero-order valence-corrected chi connectivity index (χ0v) is 7.88. The van der Waals surface area contributed by atoms with E-state index >= 15 is 0 Å². The minimum absolute atomic E-state index is 0.649. The van der Waals surface area contributed by atoms with E-state index in [4.69, 9.17) is 16.3 Å². The summed E-state index contributed by atoms with van der Waals surface area (Å²) >= 11 is 5.97. The largest absolute Gasteiger partial charge is 0.497 e. The number of hydrogen-bond acceptors (Lipinski definition) is 2. The maximum absolute atomic E-state index is 5.97. The molecule has 1 aromatic carbocycles. The Labute approximate surface area is 81.1 Å². The van der Waals surface area contributed by atoms with Gasteiger partial charge in [-0.1, -0.05) is 11.6 Å². The molecule has 0 aliphatic rings. The molecule has 0 amide bonds. The van der Waals surface area contributed by atoms with Gasteiger partial charge in [0.25, 0.3) is 0 Å². The zero-order valence-electron chi connectivity index (χ0n) is 7.12. The van der Waals surface area contributed by atoms with Gasteiger partial charge >= 0.3 is 0 Å². The molecule has 2 nitrogen and oxygen atoms in total. The van der Waals surface area contributed by atoms with Crippen LogP contribution in [0.25, 0.3) is 10.8 Å². The average Bonchev–Trinajstić information content (AvgIpc) is 2.18. The number of aromatic nitrogens is 1. The summed E-state index contributed by atoms with van der Waals surface area (Å²) in [4.78, 5) is 4.00. The van der Waals surface area contributed by atoms with Gasteiger partial charge in [-0.25, -0.2) is 0 Å². The molecular formula is C10H8ClNO. The van der Waals surface area contributed by atoms with Crippen LogP contribution < -0.4 is 4.74 Å². The predicted octanol–water partition coefficient (Wildman–Crippen LogP) is 2.90. The van der Waals surface area contributed by atoms with Gasteiger partial charge in [-0.3, -0.25) is 4.98 Å². The lowest BCUT2D eigenvalue weighted by Crippen LogP contribution is -1.83. The van der Waals surface area contributed by atoms with E-state index in [0.29, 0.717) is 5.02 Å². The molecule has 1 heterocycles. The fraction of sp³-hybridized carbons (Fsp3) is 0.100. The van der Waals surface area contributed by atoms with Crippen molar-refractivity contribution in [2.24, 2.45) is 0 Å². The fourth-order valence-electron chi connectivity index (χ4n) is 1.23. The SMILES string of the molecule is COc1ccc2cncc(Cl)c2c1. The topological polar surface area (TPSA) is 22.1 Å². The number of fused-ring (bicyclic) bond motifs is 1. The first-order valence-electron chi connectivity index (χ1n) is 3.88. The van der Waals surface area contributed by atoms with Crippen LogP contribution in [0.2, 0.25) is 5.02 Å². The lowest BCUT2D eigenvalue weighted by molar-refractivity contribution is 0.415. The minimum atomic E-state index is 0.649. The summed E-state index contributed by atoms with van der Waals surface area (Å²) in [6.07, 6.45) is 3.41. The van der Waals surface area contributed by atoms with Crippen molar-refractivity contribution < 1.29 is 4.74 Å². The van der Waals surface area contributed by atoms with Crippen molar-refractivity contribution in [3.63, 3.8) is 0 Å². The maximum Gasteiger partial charge on any atom is 0.119 e. The van der Waals surface area contributed by atoms with Crippen molar-refractivity contribution in [3.05, 3.63) is 35.6 Å². The van der Waals surface area contributed by atoms with Gasteiger partial charge < -0.3 is 4.74 Å². The Morgan fingerprint density at radius 1 is 1.31 bits per heavy atom. The lowest BCUT2D eigenvalue weighted by Gasteiger charge is -2.02. The molecule has 0 bridgehead atoms. The summed E-state index contributed by atoms with van der Waals surface area (Å²) in [5, 5.41) is 2.64. The molecule has 2 aromatic rings. The number of ether oxygens (including phenoxy) is 1. The van der Waals surface area contributed by atoms with Crippen LogP contribution in [-0.4, -0.2) is 12.1 Å². The molecular weight excluding hydrogens is 186 g/mol. The van der Waals surface area contributed by atoms with Crippen molar-refractivity contribution in [1.29, 1.82) is 0 Å². The maximum atomic E-state index is 5.97. The Hall–Kier alpha value is -1.28. The van der Waals surface area contributed by atoms with Crippen molar-refractivity contribution >= 4 is 22.4 Å². The first-order chi connectivity index (χ1) is 6.31. The van der Waals surface area contributed by atoms with Gasteiger partial charge in [0.1, 0.15) is 5.75 Å². The number of nitrogens with zero attached hydrogens (tertiary/aromatic N) is 1. The van der Waals surface area contributed by atoms with Crippen LogP contribution in [-0.2, 0) is 0 Å². The first-order valence-corrected chi connectivity index (χ1v) is 4.26. The van der Waals surface area contributed by atoms with Gasteiger partial charge in [-0.05, 0) is 18.2 Å². The molecule has 0 aliphatic heterocycles. The van der Waals surface area contributed by atoms with Crippen LogP contribution in [0.3, 0.4) is 0 Å². The lowest BCUT2D eigenvalue weighted by atomic mass is 10.2. The third kappa shape index (κ3) is 1.45. The third-order valence-corrected chi connectivity index (χ3v) is 2.22. The highest BCUT2D eigenvalue weighted by molar-refractivity contribution is 6.35. The van der Waals surface area contributed by atoms with Gasteiger partial charge in [0.15, 0.2) is 0 Å². The van der Waals surface area contributed by atoms with E-state index < -0.39 is 0 Å². The summed E-state index contributed by atoms with van der Waals surface area (Å²) in [5.74, 6) is 0.806. The van der Waals surface area contributed by atoms with E-state index in [9.17, 15) is 0 Å². The quantitative estimate of drug-likeness (QED) is 0.695. The number of pyridine rings is 1. The smallest absolute Gasteiger partial charge is 0.119 e. The summed E-state index contributed by atoms with van der Waals surface area (Å²) < 4.78 is 5.10. The second-order valence-corrected chi connectivity index (χ2v) is 3.12. The Morgan fingerprint density at radius 2 is 2.15 bits per heavy atom. The molecule has 0 N–H and O–H groups in total. The molecule has 0 unspecified atom stereocenters. The number of methoxy groups -OCH3 is 1. The molecule has 0 spiro atoms. The van der Waals surface area contributed by atoms with E-state index in [2.05, 4.69) is 4.98 Å². The Kier molecular flexibility index (Phi) is 2.07. The normalized spacial score (nSPS) is 10.3. The second kappa shape index (κ2) is 3.23. The molecule has 13 heavy (non-hydrogen) atoms. The third-order valence-electron chi connectivity index (χ3n) is 1.92. The minimum Gasteiger partial charge on any atom is -0.497 e. The van der Waals surface area contributed by atoms with Crippen molar-refractivity contribution in [2.45, 2.75) is 0 Å². The molecule has 2 rings (SSSR count). The molecule has 0 radical (unpaired) electrons. The average molecular weight is 194 g/mol. The van der Waals surface area contributed by atoms with Crippen LogP contribution in [0.5, 0.6) is 5.75 Å². The van der Waals surface area contributed by atoms with Gasteiger partial charge in [-0.2, -0.15) is 0 Å². The summed E-state index contributed by atoms with van der Waals surface area (Å²) in [6, 6.07) is 5.73. The Balaban J connectivity index is 2.74. The van der Waals surface area contributed by atoms with Crippen molar-refractivity contribution in [3.8, 4) is 5.75 Å². The van der Waals surface area contributed by atoms with Crippen molar-refractivity contribution in [1.82, 2.24) is 4.98 Å². The van der Waals surface area contributed by atoms with E-state index in [1.54, 1.807) is 19.5 Å². The molecule has 1 aromatic heterocycles. The zero-order chi connectivity index (χ0) is 9.26. The van der Waals surface area contributed by atoms with Crippen LogP contribution in [0.1, 0.15) is 0 Å². The van der Waals surface area contributed by atoms with Crippen LogP contribution in [0.4, 0.5) is 0 Å². The standard InChI is InChI=1S/C10H8ClNO/c1-13-8-3-2-7-5-12-6-10(11)9(7)4-8/h2-6H,1H3. The van der Waals surface area contributed by atoms with Crippen LogP contribution in [0, 0.1) is 0 Å². The number of halogens is 1. The summed E-state index contributed by atoms with van der Waals surface area (Å²) in [7, 11) is 1.64. The summed E-state index contributed by atoms with van der Waals surface area (Å²) in [6.45, 7) is 0. The Morgan fingerprint density at radius 3 is 2.92 bits per heavy atom.